The molecule has 1 heterocycles. The van der Waals surface area contributed by atoms with Crippen LogP contribution in [0.15, 0.2) is 72.9 Å². The van der Waals surface area contributed by atoms with E-state index in [0.717, 1.165) is 70.6 Å². The number of hydrogen-bond donors (Lipinski definition) is 6. The molecule has 7 atom stereocenters. The molecule has 9 heteroatoms. The number of rotatable bonds is 65. The Labute approximate surface area is 531 Å². The van der Waals surface area contributed by atoms with Gasteiger partial charge in [-0.15, -0.1) is 0 Å². The highest BCUT2D eigenvalue weighted by atomic mass is 16.7. The number of unbranched alkanes of at least 4 members (excludes halogenated alkanes) is 45. The fourth-order valence-electron chi connectivity index (χ4n) is 11.8. The molecule has 0 aromatic heterocycles. The second-order valence-electron chi connectivity index (χ2n) is 25.7. The molecule has 7 unspecified atom stereocenters. The smallest absolute Gasteiger partial charge is 0.220 e. The number of hydrogen-bond acceptors (Lipinski definition) is 8. The summed E-state index contributed by atoms with van der Waals surface area (Å²) in [5, 5.41) is 54.8. The van der Waals surface area contributed by atoms with E-state index in [1.54, 1.807) is 6.08 Å². The molecule has 1 aliphatic rings. The summed E-state index contributed by atoms with van der Waals surface area (Å²) in [5.41, 5.74) is 0. The third kappa shape index (κ3) is 53.5. The van der Waals surface area contributed by atoms with Crippen LogP contribution in [0.3, 0.4) is 0 Å². The molecule has 502 valence electrons. The summed E-state index contributed by atoms with van der Waals surface area (Å²) < 4.78 is 11.3. The van der Waals surface area contributed by atoms with Gasteiger partial charge in [-0.1, -0.05) is 356 Å². The largest absolute Gasteiger partial charge is 0.394 e. The van der Waals surface area contributed by atoms with Crippen molar-refractivity contribution in [3.05, 3.63) is 72.9 Å². The van der Waals surface area contributed by atoms with Crippen LogP contribution in [0.5, 0.6) is 0 Å². The van der Waals surface area contributed by atoms with Crippen LogP contribution in [-0.4, -0.2) is 87.5 Å². The Kier molecular flexibility index (Phi) is 62.3. The van der Waals surface area contributed by atoms with E-state index in [1.165, 1.54) is 263 Å². The van der Waals surface area contributed by atoms with Crippen LogP contribution < -0.4 is 5.32 Å². The van der Waals surface area contributed by atoms with E-state index in [-0.39, 0.29) is 12.5 Å². The molecular formula is C77H141NO8. The van der Waals surface area contributed by atoms with E-state index in [2.05, 4.69) is 79.9 Å². The van der Waals surface area contributed by atoms with Crippen molar-refractivity contribution in [3.63, 3.8) is 0 Å². The van der Waals surface area contributed by atoms with E-state index < -0.39 is 49.5 Å². The van der Waals surface area contributed by atoms with Crippen LogP contribution in [0, 0.1) is 0 Å². The van der Waals surface area contributed by atoms with Crippen molar-refractivity contribution in [3.8, 4) is 0 Å². The standard InChI is InChI=1S/C77H141NO8/c1-3-5-7-9-11-13-15-17-19-21-23-25-27-29-31-32-33-34-35-36-37-38-39-40-41-43-45-47-49-51-53-55-57-59-61-63-65-67-73(81)78-70(69-85-77-76(84)75(83)74(82)72(68-79)86-77)71(80)66-64-62-60-58-56-54-52-50-48-46-44-42-30-28-26-24-22-20-18-16-14-12-10-8-6-4-2/h5,7,11,13,17,19,23,25,29,31,64,66,70-72,74-77,79-80,82-84H,3-4,6,8-10,12,14-16,18,20-22,24,26-28,30,32-63,65,67-69H2,1-2H3,(H,78,81)/b7-5-,13-11-,19-17-,25-23-,31-29-,66-64+. The Morgan fingerprint density at radius 1 is 0.407 bits per heavy atom. The normalized spacial score (nSPS) is 18.4. The maximum absolute atomic E-state index is 13.2. The van der Waals surface area contributed by atoms with Gasteiger partial charge in [-0.3, -0.25) is 4.79 Å². The first-order valence-electron chi connectivity index (χ1n) is 37.2. The fourth-order valence-corrected chi connectivity index (χ4v) is 11.8. The predicted octanol–water partition coefficient (Wildman–Crippen LogP) is 20.7. The second kappa shape index (κ2) is 65.6. The molecule has 0 aromatic carbocycles. The molecule has 0 spiro atoms. The van der Waals surface area contributed by atoms with Gasteiger partial charge in [-0.05, 0) is 64.2 Å². The number of carbonyl (C=O) groups excluding carboxylic acids is 1. The minimum absolute atomic E-state index is 0.171. The number of allylic oxidation sites excluding steroid dienone is 11. The third-order valence-electron chi connectivity index (χ3n) is 17.5. The van der Waals surface area contributed by atoms with Crippen LogP contribution in [0.1, 0.15) is 354 Å². The summed E-state index contributed by atoms with van der Waals surface area (Å²) in [7, 11) is 0. The van der Waals surface area contributed by atoms with Gasteiger partial charge in [0.2, 0.25) is 5.91 Å². The molecule has 1 aliphatic heterocycles. The van der Waals surface area contributed by atoms with Crippen LogP contribution in [-0.2, 0) is 14.3 Å². The Bertz CT molecular complexity index is 1590. The Morgan fingerprint density at radius 3 is 1.07 bits per heavy atom. The third-order valence-corrected chi connectivity index (χ3v) is 17.5. The molecular weight excluding hydrogens is 1070 g/mol. The van der Waals surface area contributed by atoms with Gasteiger partial charge in [0.1, 0.15) is 24.4 Å². The lowest BCUT2D eigenvalue weighted by Gasteiger charge is -2.40. The Hall–Kier alpha value is -2.37. The number of aliphatic hydroxyl groups excluding tert-OH is 5. The summed E-state index contributed by atoms with van der Waals surface area (Å²) in [6, 6.07) is -0.807. The van der Waals surface area contributed by atoms with Gasteiger partial charge < -0.3 is 40.3 Å². The fraction of sp³-hybridized carbons (Fsp3) is 0.831. The maximum Gasteiger partial charge on any atom is 0.220 e. The molecule has 86 heavy (non-hydrogen) atoms. The van der Waals surface area contributed by atoms with Crippen LogP contribution in [0.4, 0.5) is 0 Å². The van der Waals surface area contributed by atoms with Gasteiger partial charge >= 0.3 is 0 Å². The summed E-state index contributed by atoms with van der Waals surface area (Å²) in [5.74, 6) is -0.171. The van der Waals surface area contributed by atoms with E-state index >= 15 is 0 Å². The number of carbonyl (C=O) groups is 1. The molecule has 1 amide bonds. The Balaban J connectivity index is 2.09. The van der Waals surface area contributed by atoms with Crippen LogP contribution in [0.2, 0.25) is 0 Å². The lowest BCUT2D eigenvalue weighted by atomic mass is 9.99. The highest BCUT2D eigenvalue weighted by Crippen LogP contribution is 2.24. The minimum atomic E-state index is -1.57. The minimum Gasteiger partial charge on any atom is -0.394 e. The van der Waals surface area contributed by atoms with Crippen molar-refractivity contribution in [2.45, 2.75) is 397 Å². The number of amides is 1. The second-order valence-corrected chi connectivity index (χ2v) is 25.7. The van der Waals surface area contributed by atoms with Crippen molar-refractivity contribution < 1.29 is 39.8 Å². The van der Waals surface area contributed by atoms with Crippen LogP contribution in [0.25, 0.3) is 0 Å². The van der Waals surface area contributed by atoms with Crippen LogP contribution >= 0.6 is 0 Å². The molecule has 0 saturated carbocycles. The molecule has 9 nitrogen and oxygen atoms in total. The van der Waals surface area contributed by atoms with Crippen molar-refractivity contribution in [1.29, 1.82) is 0 Å². The molecule has 1 fully saturated rings. The van der Waals surface area contributed by atoms with Gasteiger partial charge in [0.05, 0.1) is 25.4 Å². The lowest BCUT2D eigenvalue weighted by molar-refractivity contribution is -0.302. The molecule has 1 saturated heterocycles. The van der Waals surface area contributed by atoms with Gasteiger partial charge in [0, 0.05) is 6.42 Å². The zero-order valence-electron chi connectivity index (χ0n) is 56.3. The van der Waals surface area contributed by atoms with Gasteiger partial charge in [-0.25, -0.2) is 0 Å². The van der Waals surface area contributed by atoms with E-state index in [4.69, 9.17) is 9.47 Å². The topological polar surface area (TPSA) is 149 Å². The van der Waals surface area contributed by atoms with Crippen molar-refractivity contribution in [2.24, 2.45) is 0 Å². The molecule has 0 aromatic rings. The SMILES string of the molecule is CC/C=C\C/C=C\C/C=C\C/C=C\C/C=C\CCCCCCCCCCCCCCCCCCCCCCCC(=O)NC(COC1OC(CO)C(O)C(O)C1O)C(O)/C=C/CCCCCCCCCCCCCCCCCCCCCCCCCC. The highest BCUT2D eigenvalue weighted by molar-refractivity contribution is 5.76. The average Bonchev–Trinajstić information content (AvgIpc) is 2.44. The molecule has 0 radical (unpaired) electrons. The number of aliphatic hydroxyl groups is 5. The van der Waals surface area contributed by atoms with Crippen molar-refractivity contribution in [1.82, 2.24) is 5.32 Å². The van der Waals surface area contributed by atoms with Crippen molar-refractivity contribution in [2.75, 3.05) is 13.2 Å². The summed E-state index contributed by atoms with van der Waals surface area (Å²) in [6.45, 7) is 3.71. The zero-order chi connectivity index (χ0) is 62.1. The number of ether oxygens (including phenoxy) is 2. The first-order valence-corrected chi connectivity index (χ1v) is 37.2. The summed E-state index contributed by atoms with van der Waals surface area (Å²) >= 11 is 0. The monoisotopic (exact) mass is 1210 g/mol. The summed E-state index contributed by atoms with van der Waals surface area (Å²) in [4.78, 5) is 13.2. The van der Waals surface area contributed by atoms with Gasteiger partial charge in [0.15, 0.2) is 6.29 Å². The average molecular weight is 1210 g/mol. The van der Waals surface area contributed by atoms with E-state index in [0.29, 0.717) is 6.42 Å². The first-order chi connectivity index (χ1) is 42.3. The van der Waals surface area contributed by atoms with E-state index in [1.807, 2.05) is 6.08 Å². The molecule has 0 bridgehead atoms. The quantitative estimate of drug-likeness (QED) is 0.0261. The predicted molar refractivity (Wildman–Crippen MR) is 369 cm³/mol. The highest BCUT2D eigenvalue weighted by Gasteiger charge is 2.44. The summed E-state index contributed by atoms with van der Waals surface area (Å²) in [6.07, 6.45) is 85.9. The lowest BCUT2D eigenvalue weighted by Crippen LogP contribution is -2.60. The molecule has 0 aliphatic carbocycles. The zero-order valence-corrected chi connectivity index (χ0v) is 56.3. The number of nitrogens with one attached hydrogen (secondary N) is 1. The maximum atomic E-state index is 13.2. The first kappa shape index (κ1) is 81.6. The van der Waals surface area contributed by atoms with Gasteiger partial charge in [-0.2, -0.15) is 0 Å². The van der Waals surface area contributed by atoms with E-state index in [9.17, 15) is 30.3 Å². The molecule has 6 N–H and O–H groups in total. The Morgan fingerprint density at radius 2 is 0.721 bits per heavy atom. The molecule has 1 rings (SSSR count). The van der Waals surface area contributed by atoms with Gasteiger partial charge in [0.25, 0.3) is 0 Å². The van der Waals surface area contributed by atoms with Crippen molar-refractivity contribution >= 4 is 5.91 Å².